The van der Waals surface area contributed by atoms with Gasteiger partial charge in [-0.25, -0.2) is 14.2 Å². The van der Waals surface area contributed by atoms with E-state index < -0.39 is 41.9 Å². The Hall–Kier alpha value is -2.06. The van der Waals surface area contributed by atoms with Gasteiger partial charge in [-0.3, -0.25) is 0 Å². The molecule has 0 unspecified atom stereocenters. The minimum atomic E-state index is -5.07. The van der Waals surface area contributed by atoms with Crippen molar-refractivity contribution in [2.75, 3.05) is 7.11 Å². The maximum Gasteiger partial charge on any atom is 0.573 e. The zero-order valence-electron chi connectivity index (χ0n) is 8.92. The standard InChI is InChI=1S/C9H7F4NO4/c1-17-6-2-4(8(15)16)14-5(3-10)7(6)18-9(11,12)13/h2H,3H2,1H3,(H,15,16). The molecular formula is C9H7F4NO4. The van der Waals surface area contributed by atoms with Gasteiger partial charge in [-0.15, -0.1) is 13.2 Å². The summed E-state index contributed by atoms with van der Waals surface area (Å²) in [4.78, 5) is 13.8. The summed E-state index contributed by atoms with van der Waals surface area (Å²) < 4.78 is 56.9. The zero-order chi connectivity index (χ0) is 13.9. The molecule has 100 valence electrons. The van der Waals surface area contributed by atoms with Crippen LogP contribution in [0.3, 0.4) is 0 Å². The summed E-state index contributed by atoms with van der Waals surface area (Å²) in [7, 11) is 0.992. The lowest BCUT2D eigenvalue weighted by Gasteiger charge is -2.15. The molecule has 0 aromatic carbocycles. The number of aromatic carboxylic acids is 1. The summed E-state index contributed by atoms with van der Waals surface area (Å²) in [6.07, 6.45) is -5.07. The van der Waals surface area contributed by atoms with Gasteiger partial charge < -0.3 is 14.6 Å². The van der Waals surface area contributed by atoms with Crippen LogP contribution < -0.4 is 9.47 Å². The first-order valence-corrected chi connectivity index (χ1v) is 4.41. The van der Waals surface area contributed by atoms with Crippen molar-refractivity contribution in [3.8, 4) is 11.5 Å². The summed E-state index contributed by atoms with van der Waals surface area (Å²) in [5.74, 6) is -3.08. The molecule has 1 N–H and O–H groups in total. The highest BCUT2D eigenvalue weighted by atomic mass is 19.4. The smallest absolute Gasteiger partial charge is 0.493 e. The predicted molar refractivity (Wildman–Crippen MR) is 49.2 cm³/mol. The molecular weight excluding hydrogens is 262 g/mol. The van der Waals surface area contributed by atoms with E-state index in [1.54, 1.807) is 0 Å². The van der Waals surface area contributed by atoms with Gasteiger partial charge in [0, 0.05) is 6.07 Å². The van der Waals surface area contributed by atoms with E-state index in [1.807, 2.05) is 0 Å². The number of carboxylic acid groups (broad SMARTS) is 1. The van der Waals surface area contributed by atoms with E-state index in [2.05, 4.69) is 14.5 Å². The molecule has 1 heterocycles. The lowest BCUT2D eigenvalue weighted by atomic mass is 10.2. The Morgan fingerprint density at radius 1 is 1.50 bits per heavy atom. The highest BCUT2D eigenvalue weighted by Crippen LogP contribution is 2.35. The minimum Gasteiger partial charge on any atom is -0.493 e. The van der Waals surface area contributed by atoms with E-state index in [0.717, 1.165) is 7.11 Å². The molecule has 1 aromatic heterocycles. The average Bonchev–Trinajstić information content (AvgIpc) is 2.26. The summed E-state index contributed by atoms with van der Waals surface area (Å²) >= 11 is 0. The molecule has 0 aliphatic heterocycles. The first-order valence-electron chi connectivity index (χ1n) is 4.41. The molecule has 0 aliphatic carbocycles. The van der Waals surface area contributed by atoms with Crippen LogP contribution in [-0.4, -0.2) is 29.5 Å². The zero-order valence-corrected chi connectivity index (χ0v) is 8.92. The fourth-order valence-corrected chi connectivity index (χ4v) is 1.14. The van der Waals surface area contributed by atoms with Gasteiger partial charge in [-0.05, 0) is 0 Å². The number of aromatic nitrogens is 1. The number of hydrogen-bond acceptors (Lipinski definition) is 4. The topological polar surface area (TPSA) is 68.7 Å². The highest BCUT2D eigenvalue weighted by molar-refractivity contribution is 5.86. The van der Waals surface area contributed by atoms with Crippen molar-refractivity contribution in [2.24, 2.45) is 0 Å². The van der Waals surface area contributed by atoms with Crippen LogP contribution in [-0.2, 0) is 6.67 Å². The Bertz CT molecular complexity index is 435. The maximum atomic E-state index is 12.6. The van der Waals surface area contributed by atoms with Gasteiger partial charge in [0.25, 0.3) is 0 Å². The number of carbonyl (C=O) groups is 1. The molecule has 0 atom stereocenters. The van der Waals surface area contributed by atoms with Crippen molar-refractivity contribution in [3.63, 3.8) is 0 Å². The summed E-state index contributed by atoms with van der Waals surface area (Å²) in [6.45, 7) is -1.43. The fourth-order valence-electron chi connectivity index (χ4n) is 1.14. The Kier molecular flexibility index (Phi) is 3.94. The molecule has 1 rings (SSSR count). The first-order chi connectivity index (χ1) is 8.28. The second-order valence-electron chi connectivity index (χ2n) is 2.97. The van der Waals surface area contributed by atoms with E-state index in [1.165, 1.54) is 0 Å². The van der Waals surface area contributed by atoms with Gasteiger partial charge in [-0.1, -0.05) is 0 Å². The van der Waals surface area contributed by atoms with Crippen molar-refractivity contribution in [1.29, 1.82) is 0 Å². The van der Waals surface area contributed by atoms with Gasteiger partial charge in [0.2, 0.25) is 0 Å². The van der Waals surface area contributed by atoms with Crippen LogP contribution in [0.25, 0.3) is 0 Å². The van der Waals surface area contributed by atoms with E-state index in [9.17, 15) is 22.4 Å². The number of ether oxygens (including phenoxy) is 2. The summed E-state index contributed by atoms with van der Waals surface area (Å²) in [6, 6.07) is 0.711. The number of nitrogens with zero attached hydrogens (tertiary/aromatic N) is 1. The Morgan fingerprint density at radius 3 is 2.50 bits per heavy atom. The van der Waals surface area contributed by atoms with Crippen molar-refractivity contribution >= 4 is 5.97 Å². The third-order valence-electron chi connectivity index (χ3n) is 1.79. The molecule has 0 saturated carbocycles. The molecule has 1 aromatic rings. The molecule has 0 bridgehead atoms. The Labute approximate surface area is 98.0 Å². The van der Waals surface area contributed by atoms with Gasteiger partial charge in [-0.2, -0.15) is 0 Å². The third-order valence-corrected chi connectivity index (χ3v) is 1.79. The largest absolute Gasteiger partial charge is 0.573 e. The molecule has 5 nitrogen and oxygen atoms in total. The molecule has 0 radical (unpaired) electrons. The second kappa shape index (κ2) is 5.07. The lowest BCUT2D eigenvalue weighted by molar-refractivity contribution is -0.275. The average molecular weight is 269 g/mol. The van der Waals surface area contributed by atoms with E-state index >= 15 is 0 Å². The monoisotopic (exact) mass is 269 g/mol. The molecule has 0 fully saturated rings. The van der Waals surface area contributed by atoms with Gasteiger partial charge in [0.1, 0.15) is 12.4 Å². The first kappa shape index (κ1) is 14.0. The van der Waals surface area contributed by atoms with Crippen LogP contribution in [0.4, 0.5) is 17.6 Å². The van der Waals surface area contributed by atoms with Gasteiger partial charge >= 0.3 is 12.3 Å². The van der Waals surface area contributed by atoms with Gasteiger partial charge in [0.15, 0.2) is 17.2 Å². The molecule has 0 aliphatic rings. The van der Waals surface area contributed by atoms with E-state index in [4.69, 9.17) is 5.11 Å². The second-order valence-corrected chi connectivity index (χ2v) is 2.97. The van der Waals surface area contributed by atoms with Crippen LogP contribution in [0, 0.1) is 0 Å². The van der Waals surface area contributed by atoms with Crippen molar-refractivity contribution in [3.05, 3.63) is 17.5 Å². The van der Waals surface area contributed by atoms with Crippen molar-refractivity contribution in [2.45, 2.75) is 13.0 Å². The number of rotatable bonds is 4. The number of pyridine rings is 1. The summed E-state index contributed by atoms with van der Waals surface area (Å²) in [5.41, 5.74) is -1.45. The molecule has 18 heavy (non-hydrogen) atoms. The quantitative estimate of drug-likeness (QED) is 0.848. The fraction of sp³-hybridized carbons (Fsp3) is 0.333. The van der Waals surface area contributed by atoms with Crippen molar-refractivity contribution < 1.29 is 36.9 Å². The molecule has 0 spiro atoms. The van der Waals surface area contributed by atoms with Gasteiger partial charge in [0.05, 0.1) is 7.11 Å². The molecule has 9 heteroatoms. The number of halogens is 4. The maximum absolute atomic E-state index is 12.6. The minimum absolute atomic E-state index is 0.563. The number of carboxylic acids is 1. The van der Waals surface area contributed by atoms with Crippen LogP contribution in [0.2, 0.25) is 0 Å². The third kappa shape index (κ3) is 3.22. The van der Waals surface area contributed by atoms with Crippen LogP contribution in [0.5, 0.6) is 11.5 Å². The Balaban J connectivity index is 3.34. The predicted octanol–water partition coefficient (Wildman–Crippen LogP) is 2.16. The van der Waals surface area contributed by atoms with E-state index in [-0.39, 0.29) is 0 Å². The number of alkyl halides is 4. The van der Waals surface area contributed by atoms with E-state index in [0.29, 0.717) is 6.07 Å². The highest BCUT2D eigenvalue weighted by Gasteiger charge is 2.34. The number of hydrogen-bond donors (Lipinski definition) is 1. The normalized spacial score (nSPS) is 11.2. The number of methoxy groups -OCH3 is 1. The van der Waals surface area contributed by atoms with Crippen LogP contribution in [0.15, 0.2) is 6.07 Å². The SMILES string of the molecule is COc1cc(C(=O)O)nc(CF)c1OC(F)(F)F. The molecule has 0 saturated heterocycles. The molecule has 0 amide bonds. The lowest BCUT2D eigenvalue weighted by Crippen LogP contribution is -2.19. The van der Waals surface area contributed by atoms with Crippen molar-refractivity contribution in [1.82, 2.24) is 4.98 Å². The van der Waals surface area contributed by atoms with Crippen LogP contribution >= 0.6 is 0 Å². The van der Waals surface area contributed by atoms with Crippen LogP contribution in [0.1, 0.15) is 16.2 Å². The Morgan fingerprint density at radius 2 is 2.11 bits per heavy atom. The summed E-state index contributed by atoms with van der Waals surface area (Å²) in [5, 5.41) is 8.64.